The SMILES string of the molecule is CCCCCNC(=O)C(C)Nc1ccc(Oc2ncc(Cl)cc2Cl)cc1. The number of pyridine rings is 1. The summed E-state index contributed by atoms with van der Waals surface area (Å²) in [5, 5.41) is 6.89. The molecule has 0 aliphatic rings. The van der Waals surface area contributed by atoms with Crippen LogP contribution >= 0.6 is 23.2 Å². The molecule has 7 heteroatoms. The molecule has 0 aliphatic carbocycles. The van der Waals surface area contributed by atoms with Crippen molar-refractivity contribution in [2.45, 2.75) is 39.2 Å². The molecule has 0 saturated heterocycles. The number of nitrogens with one attached hydrogen (secondary N) is 2. The lowest BCUT2D eigenvalue weighted by Crippen LogP contribution is -2.37. The highest BCUT2D eigenvalue weighted by molar-refractivity contribution is 6.35. The van der Waals surface area contributed by atoms with Crippen LogP contribution in [-0.4, -0.2) is 23.5 Å². The number of aromatic nitrogens is 1. The fourth-order valence-electron chi connectivity index (χ4n) is 2.26. The van der Waals surface area contributed by atoms with Gasteiger partial charge in [0, 0.05) is 18.4 Å². The Labute approximate surface area is 164 Å². The molecule has 2 aromatic rings. The number of rotatable bonds is 9. The molecule has 1 aromatic heterocycles. The van der Waals surface area contributed by atoms with Crippen molar-refractivity contribution >= 4 is 34.8 Å². The Balaban J connectivity index is 1.87. The fourth-order valence-corrected chi connectivity index (χ4v) is 2.68. The fraction of sp³-hybridized carbons (Fsp3) is 0.368. The van der Waals surface area contributed by atoms with E-state index in [4.69, 9.17) is 27.9 Å². The van der Waals surface area contributed by atoms with Crippen molar-refractivity contribution in [3.63, 3.8) is 0 Å². The lowest BCUT2D eigenvalue weighted by atomic mass is 10.2. The molecule has 0 fully saturated rings. The molecule has 26 heavy (non-hydrogen) atoms. The van der Waals surface area contributed by atoms with Gasteiger partial charge in [-0.25, -0.2) is 4.98 Å². The molecule has 2 N–H and O–H groups in total. The van der Waals surface area contributed by atoms with Crippen molar-refractivity contribution in [1.82, 2.24) is 10.3 Å². The topological polar surface area (TPSA) is 63.2 Å². The summed E-state index contributed by atoms with van der Waals surface area (Å²) < 4.78 is 5.64. The van der Waals surface area contributed by atoms with Gasteiger partial charge in [-0.05, 0) is 43.7 Å². The van der Waals surface area contributed by atoms with Gasteiger partial charge < -0.3 is 15.4 Å². The van der Waals surface area contributed by atoms with Gasteiger partial charge >= 0.3 is 0 Å². The van der Waals surface area contributed by atoms with Gasteiger partial charge in [0.1, 0.15) is 16.8 Å². The van der Waals surface area contributed by atoms with Gasteiger partial charge in [-0.1, -0.05) is 43.0 Å². The van der Waals surface area contributed by atoms with E-state index >= 15 is 0 Å². The largest absolute Gasteiger partial charge is 0.438 e. The monoisotopic (exact) mass is 395 g/mol. The van der Waals surface area contributed by atoms with Crippen molar-refractivity contribution < 1.29 is 9.53 Å². The number of ether oxygens (including phenoxy) is 1. The third kappa shape index (κ3) is 6.39. The summed E-state index contributed by atoms with van der Waals surface area (Å²) in [7, 11) is 0. The van der Waals surface area contributed by atoms with Crippen LogP contribution < -0.4 is 15.4 Å². The number of unbranched alkanes of at least 4 members (excludes halogenated alkanes) is 2. The van der Waals surface area contributed by atoms with Gasteiger partial charge in [0.25, 0.3) is 0 Å². The van der Waals surface area contributed by atoms with Crippen LogP contribution in [0.15, 0.2) is 36.5 Å². The van der Waals surface area contributed by atoms with Gasteiger partial charge in [-0.3, -0.25) is 4.79 Å². The molecule has 2 rings (SSSR count). The summed E-state index contributed by atoms with van der Waals surface area (Å²) in [6, 6.07) is 8.47. The molecular weight excluding hydrogens is 373 g/mol. The highest BCUT2D eigenvalue weighted by Crippen LogP contribution is 2.29. The zero-order valence-corrected chi connectivity index (χ0v) is 16.4. The number of benzene rings is 1. The third-order valence-corrected chi connectivity index (χ3v) is 4.18. The molecule has 0 spiro atoms. The standard InChI is InChI=1S/C19H23Cl2N3O2/c1-3-4-5-10-22-18(25)13(2)24-15-6-8-16(9-7-15)26-19-17(21)11-14(20)12-23-19/h6-9,11-13,24H,3-5,10H2,1-2H3,(H,22,25). The lowest BCUT2D eigenvalue weighted by molar-refractivity contribution is -0.121. The second kappa shape index (κ2) is 10.2. The summed E-state index contributed by atoms with van der Waals surface area (Å²) >= 11 is 11.9. The first-order chi connectivity index (χ1) is 12.5. The van der Waals surface area contributed by atoms with Crippen LogP contribution in [-0.2, 0) is 4.79 Å². The Bertz CT molecular complexity index is 723. The second-order valence-electron chi connectivity index (χ2n) is 5.93. The number of carbonyl (C=O) groups is 1. The Morgan fingerprint density at radius 2 is 1.96 bits per heavy atom. The minimum atomic E-state index is -0.323. The number of halogens is 2. The van der Waals surface area contributed by atoms with Crippen molar-refractivity contribution in [3.05, 3.63) is 46.6 Å². The molecule has 140 valence electrons. The molecule has 0 radical (unpaired) electrons. The maximum Gasteiger partial charge on any atom is 0.242 e. The van der Waals surface area contributed by atoms with E-state index in [-0.39, 0.29) is 17.8 Å². The molecule has 1 amide bonds. The van der Waals surface area contributed by atoms with E-state index in [2.05, 4.69) is 22.5 Å². The van der Waals surface area contributed by atoms with Gasteiger partial charge in [-0.2, -0.15) is 0 Å². The molecule has 0 bridgehead atoms. The maximum absolute atomic E-state index is 12.1. The number of amides is 1. The highest BCUT2D eigenvalue weighted by atomic mass is 35.5. The zero-order chi connectivity index (χ0) is 18.9. The third-order valence-electron chi connectivity index (χ3n) is 3.70. The van der Waals surface area contributed by atoms with E-state index in [0.29, 0.717) is 22.3 Å². The van der Waals surface area contributed by atoms with E-state index < -0.39 is 0 Å². The normalized spacial score (nSPS) is 11.7. The average molecular weight is 396 g/mol. The summed E-state index contributed by atoms with van der Waals surface area (Å²) in [4.78, 5) is 16.1. The van der Waals surface area contributed by atoms with E-state index in [1.165, 1.54) is 6.20 Å². The van der Waals surface area contributed by atoms with E-state index in [1.807, 2.05) is 19.1 Å². The molecule has 5 nitrogen and oxygen atoms in total. The van der Waals surface area contributed by atoms with Gasteiger partial charge in [0.05, 0.1) is 5.02 Å². The minimum absolute atomic E-state index is 0.0152. The molecule has 1 unspecified atom stereocenters. The number of hydrogen-bond donors (Lipinski definition) is 2. The van der Waals surface area contributed by atoms with Crippen LogP contribution in [0.2, 0.25) is 10.0 Å². The summed E-state index contributed by atoms with van der Waals surface area (Å²) in [5.41, 5.74) is 0.823. The molecule has 1 aromatic carbocycles. The predicted octanol–water partition coefficient (Wildman–Crippen LogP) is 5.29. The first-order valence-corrected chi connectivity index (χ1v) is 9.38. The van der Waals surface area contributed by atoms with Gasteiger partial charge in [-0.15, -0.1) is 0 Å². The van der Waals surface area contributed by atoms with Crippen LogP contribution in [0.3, 0.4) is 0 Å². The highest BCUT2D eigenvalue weighted by Gasteiger charge is 2.12. The number of nitrogens with zero attached hydrogens (tertiary/aromatic N) is 1. The van der Waals surface area contributed by atoms with Crippen LogP contribution in [0.5, 0.6) is 11.6 Å². The van der Waals surface area contributed by atoms with E-state index in [0.717, 1.165) is 24.9 Å². The van der Waals surface area contributed by atoms with Crippen molar-refractivity contribution in [1.29, 1.82) is 0 Å². The summed E-state index contributed by atoms with van der Waals surface area (Å²) in [6.45, 7) is 4.67. The van der Waals surface area contributed by atoms with E-state index in [1.54, 1.807) is 18.2 Å². The lowest BCUT2D eigenvalue weighted by Gasteiger charge is -2.15. The van der Waals surface area contributed by atoms with Crippen molar-refractivity contribution in [3.8, 4) is 11.6 Å². The smallest absolute Gasteiger partial charge is 0.242 e. The Morgan fingerprint density at radius 1 is 1.23 bits per heavy atom. The number of carbonyl (C=O) groups excluding carboxylic acids is 1. The molecule has 0 saturated carbocycles. The minimum Gasteiger partial charge on any atom is -0.438 e. The molecule has 0 aliphatic heterocycles. The Kier molecular flexibility index (Phi) is 8.01. The second-order valence-corrected chi connectivity index (χ2v) is 6.77. The van der Waals surface area contributed by atoms with Crippen LogP contribution in [0.4, 0.5) is 5.69 Å². The first-order valence-electron chi connectivity index (χ1n) is 8.62. The zero-order valence-electron chi connectivity index (χ0n) is 14.9. The summed E-state index contributed by atoms with van der Waals surface area (Å²) in [5.74, 6) is 0.860. The van der Waals surface area contributed by atoms with Gasteiger partial charge in [0.15, 0.2) is 0 Å². The van der Waals surface area contributed by atoms with Crippen LogP contribution in [0.25, 0.3) is 0 Å². The maximum atomic E-state index is 12.1. The van der Waals surface area contributed by atoms with Crippen LogP contribution in [0, 0.1) is 0 Å². The van der Waals surface area contributed by atoms with Crippen molar-refractivity contribution in [2.24, 2.45) is 0 Å². The Morgan fingerprint density at radius 3 is 2.62 bits per heavy atom. The predicted molar refractivity (Wildman–Crippen MR) is 106 cm³/mol. The molecular formula is C19H23Cl2N3O2. The Hall–Kier alpha value is -1.98. The molecule has 1 heterocycles. The quantitative estimate of drug-likeness (QED) is 0.566. The first kappa shape index (κ1) is 20.3. The number of hydrogen-bond acceptors (Lipinski definition) is 4. The van der Waals surface area contributed by atoms with E-state index in [9.17, 15) is 4.79 Å². The molecule has 1 atom stereocenters. The van der Waals surface area contributed by atoms with Crippen LogP contribution in [0.1, 0.15) is 33.1 Å². The van der Waals surface area contributed by atoms with Crippen molar-refractivity contribution in [2.75, 3.05) is 11.9 Å². The average Bonchev–Trinajstić information content (AvgIpc) is 2.62. The summed E-state index contributed by atoms with van der Waals surface area (Å²) in [6.07, 6.45) is 4.73. The number of anilines is 1. The van der Waals surface area contributed by atoms with Gasteiger partial charge in [0.2, 0.25) is 11.8 Å².